The van der Waals surface area contributed by atoms with Crippen molar-refractivity contribution in [2.45, 2.75) is 20.0 Å². The van der Waals surface area contributed by atoms with E-state index < -0.39 is 5.97 Å². The van der Waals surface area contributed by atoms with Gasteiger partial charge in [-0.25, -0.2) is 4.79 Å². The van der Waals surface area contributed by atoms with Crippen molar-refractivity contribution >= 4 is 17.6 Å². The van der Waals surface area contributed by atoms with Crippen molar-refractivity contribution in [1.29, 1.82) is 0 Å². The largest absolute Gasteiger partial charge is 0.482 e. The average Bonchev–Trinajstić information content (AvgIpc) is 2.35. The first-order valence-electron chi connectivity index (χ1n) is 5.88. The summed E-state index contributed by atoms with van der Waals surface area (Å²) in [5.41, 5.74) is 6.38. The van der Waals surface area contributed by atoms with Gasteiger partial charge in [0, 0.05) is 7.05 Å². The standard InChI is InChI=1S/C13H18N2O4/c1-8(2)19-13(17)9-4-5-11(10(14)6-9)18-7-12(16)15-3/h4-6,8H,7,14H2,1-3H3,(H,15,16). The second kappa shape index (κ2) is 6.63. The molecule has 0 aliphatic heterocycles. The SMILES string of the molecule is CNC(=O)COc1ccc(C(=O)OC(C)C)cc1N. The number of anilines is 1. The Hall–Kier alpha value is -2.24. The third-order valence-corrected chi connectivity index (χ3v) is 2.23. The van der Waals surface area contributed by atoms with E-state index in [4.69, 9.17) is 15.2 Å². The molecule has 6 nitrogen and oxygen atoms in total. The minimum Gasteiger partial charge on any atom is -0.482 e. The Bertz CT molecular complexity index is 472. The zero-order chi connectivity index (χ0) is 14.4. The maximum absolute atomic E-state index is 11.6. The van der Waals surface area contributed by atoms with E-state index in [-0.39, 0.29) is 24.3 Å². The zero-order valence-corrected chi connectivity index (χ0v) is 11.2. The number of nitrogen functional groups attached to an aromatic ring is 1. The first-order valence-corrected chi connectivity index (χ1v) is 5.88. The summed E-state index contributed by atoms with van der Waals surface area (Å²) in [6.07, 6.45) is -0.196. The number of likely N-dealkylation sites (N-methyl/N-ethyl adjacent to an activating group) is 1. The van der Waals surface area contributed by atoms with E-state index >= 15 is 0 Å². The molecule has 0 atom stereocenters. The summed E-state index contributed by atoms with van der Waals surface area (Å²) in [5, 5.41) is 2.43. The number of rotatable bonds is 5. The van der Waals surface area contributed by atoms with Crippen LogP contribution in [0.25, 0.3) is 0 Å². The lowest BCUT2D eigenvalue weighted by Gasteiger charge is -2.11. The number of nitrogens with one attached hydrogen (secondary N) is 1. The summed E-state index contributed by atoms with van der Waals surface area (Å²) in [4.78, 5) is 22.7. The number of amides is 1. The first-order chi connectivity index (χ1) is 8.93. The molecule has 0 fully saturated rings. The maximum Gasteiger partial charge on any atom is 0.338 e. The van der Waals surface area contributed by atoms with E-state index in [2.05, 4.69) is 5.32 Å². The van der Waals surface area contributed by atoms with E-state index in [1.54, 1.807) is 19.9 Å². The maximum atomic E-state index is 11.6. The summed E-state index contributed by atoms with van der Waals surface area (Å²) in [7, 11) is 1.51. The highest BCUT2D eigenvalue weighted by Gasteiger charge is 2.12. The summed E-state index contributed by atoms with van der Waals surface area (Å²) in [5.74, 6) is -0.355. The van der Waals surface area contributed by atoms with Crippen molar-refractivity contribution in [1.82, 2.24) is 5.32 Å². The van der Waals surface area contributed by atoms with Gasteiger partial charge in [0.15, 0.2) is 6.61 Å². The number of hydrogen-bond donors (Lipinski definition) is 2. The van der Waals surface area contributed by atoms with Crippen LogP contribution >= 0.6 is 0 Å². The number of benzene rings is 1. The van der Waals surface area contributed by atoms with Gasteiger partial charge in [-0.05, 0) is 32.0 Å². The Morgan fingerprint density at radius 2 is 2.05 bits per heavy atom. The molecule has 0 heterocycles. The van der Waals surface area contributed by atoms with Crippen molar-refractivity contribution in [3.8, 4) is 5.75 Å². The van der Waals surface area contributed by atoms with E-state index in [1.807, 2.05) is 0 Å². The summed E-state index contributed by atoms with van der Waals surface area (Å²) in [6, 6.07) is 4.54. The monoisotopic (exact) mass is 266 g/mol. The van der Waals surface area contributed by atoms with Gasteiger partial charge in [-0.1, -0.05) is 0 Å². The first kappa shape index (κ1) is 14.8. The van der Waals surface area contributed by atoms with Gasteiger partial charge in [-0.2, -0.15) is 0 Å². The highest BCUT2D eigenvalue weighted by molar-refractivity contribution is 5.91. The van der Waals surface area contributed by atoms with Crippen molar-refractivity contribution < 1.29 is 19.1 Å². The molecule has 1 aromatic carbocycles. The number of ether oxygens (including phenoxy) is 2. The summed E-state index contributed by atoms with van der Waals surface area (Å²) < 4.78 is 10.3. The molecule has 0 saturated carbocycles. The molecule has 6 heteroatoms. The number of carbonyl (C=O) groups is 2. The molecular formula is C13H18N2O4. The van der Waals surface area contributed by atoms with Gasteiger partial charge in [0.25, 0.3) is 5.91 Å². The van der Waals surface area contributed by atoms with Crippen LogP contribution in [0.2, 0.25) is 0 Å². The van der Waals surface area contributed by atoms with Crippen molar-refractivity contribution in [3.63, 3.8) is 0 Å². The minimum atomic E-state index is -0.445. The van der Waals surface area contributed by atoms with Crippen molar-refractivity contribution in [3.05, 3.63) is 23.8 Å². The van der Waals surface area contributed by atoms with Crippen LogP contribution < -0.4 is 15.8 Å². The predicted molar refractivity (Wildman–Crippen MR) is 71.0 cm³/mol. The summed E-state index contributed by atoms with van der Waals surface area (Å²) in [6.45, 7) is 3.40. The molecule has 0 bridgehead atoms. The van der Waals surface area contributed by atoms with Gasteiger partial charge >= 0.3 is 5.97 Å². The minimum absolute atomic E-state index is 0.128. The summed E-state index contributed by atoms with van der Waals surface area (Å²) >= 11 is 0. The van der Waals surface area contributed by atoms with Crippen LogP contribution in [-0.4, -0.2) is 31.6 Å². The van der Waals surface area contributed by atoms with Crippen LogP contribution in [0.1, 0.15) is 24.2 Å². The van der Waals surface area contributed by atoms with Crippen LogP contribution in [0.5, 0.6) is 5.75 Å². The van der Waals surface area contributed by atoms with Crippen LogP contribution in [-0.2, 0) is 9.53 Å². The van der Waals surface area contributed by atoms with E-state index in [0.717, 1.165) is 0 Å². The fourth-order valence-corrected chi connectivity index (χ4v) is 1.30. The predicted octanol–water partition coefficient (Wildman–Crippen LogP) is 0.959. The van der Waals surface area contributed by atoms with Gasteiger partial charge in [-0.15, -0.1) is 0 Å². The molecule has 0 aliphatic carbocycles. The smallest absolute Gasteiger partial charge is 0.338 e. The van der Waals surface area contributed by atoms with E-state index in [9.17, 15) is 9.59 Å². The quantitative estimate of drug-likeness (QED) is 0.612. The molecule has 0 spiro atoms. The van der Waals surface area contributed by atoms with Gasteiger partial charge in [0.2, 0.25) is 0 Å². The van der Waals surface area contributed by atoms with Crippen LogP contribution in [0.3, 0.4) is 0 Å². The lowest BCUT2D eigenvalue weighted by molar-refractivity contribution is -0.122. The molecular weight excluding hydrogens is 248 g/mol. The highest BCUT2D eigenvalue weighted by Crippen LogP contribution is 2.23. The Morgan fingerprint density at radius 1 is 1.37 bits per heavy atom. The van der Waals surface area contributed by atoms with Crippen LogP contribution in [0.15, 0.2) is 18.2 Å². The number of esters is 1. The number of nitrogens with two attached hydrogens (primary N) is 1. The zero-order valence-electron chi connectivity index (χ0n) is 11.2. The average molecular weight is 266 g/mol. The van der Waals surface area contributed by atoms with E-state index in [1.165, 1.54) is 19.2 Å². The van der Waals surface area contributed by atoms with Crippen LogP contribution in [0.4, 0.5) is 5.69 Å². The molecule has 1 aromatic rings. The topological polar surface area (TPSA) is 90.6 Å². The third kappa shape index (κ3) is 4.50. The van der Waals surface area contributed by atoms with Gasteiger partial charge < -0.3 is 20.5 Å². The number of hydrogen-bond acceptors (Lipinski definition) is 5. The van der Waals surface area contributed by atoms with E-state index in [0.29, 0.717) is 11.3 Å². The molecule has 1 rings (SSSR count). The molecule has 0 saturated heterocycles. The van der Waals surface area contributed by atoms with Crippen molar-refractivity contribution in [2.75, 3.05) is 19.4 Å². The lowest BCUT2D eigenvalue weighted by atomic mass is 10.2. The van der Waals surface area contributed by atoms with Crippen molar-refractivity contribution in [2.24, 2.45) is 0 Å². The number of carbonyl (C=O) groups excluding carboxylic acids is 2. The molecule has 0 radical (unpaired) electrons. The molecule has 1 amide bonds. The fourth-order valence-electron chi connectivity index (χ4n) is 1.30. The van der Waals surface area contributed by atoms with Crippen LogP contribution in [0, 0.1) is 0 Å². The molecule has 0 aliphatic rings. The Balaban J connectivity index is 2.74. The lowest BCUT2D eigenvalue weighted by Crippen LogP contribution is -2.25. The Labute approximate surface area is 111 Å². The molecule has 19 heavy (non-hydrogen) atoms. The van der Waals surface area contributed by atoms with Gasteiger partial charge in [0.05, 0.1) is 17.4 Å². The normalized spacial score (nSPS) is 10.1. The Morgan fingerprint density at radius 3 is 2.58 bits per heavy atom. The molecule has 104 valence electrons. The second-order valence-electron chi connectivity index (χ2n) is 4.17. The molecule has 0 aromatic heterocycles. The fraction of sp³-hybridized carbons (Fsp3) is 0.385. The van der Waals surface area contributed by atoms with Gasteiger partial charge in [0.1, 0.15) is 5.75 Å². The Kier molecular flexibility index (Phi) is 5.17. The van der Waals surface area contributed by atoms with Gasteiger partial charge in [-0.3, -0.25) is 4.79 Å². The second-order valence-corrected chi connectivity index (χ2v) is 4.17. The third-order valence-electron chi connectivity index (χ3n) is 2.23. The molecule has 3 N–H and O–H groups in total. The highest BCUT2D eigenvalue weighted by atomic mass is 16.5. The molecule has 0 unspecified atom stereocenters.